The van der Waals surface area contributed by atoms with Crippen molar-refractivity contribution in [3.8, 4) is 0 Å². The highest BCUT2D eigenvalue weighted by Crippen LogP contribution is 2.32. The molecule has 0 bridgehead atoms. The van der Waals surface area contributed by atoms with Crippen LogP contribution in [-0.2, 0) is 10.0 Å². The standard InChI is InChI=1S/C13H20N2O2S2/c1-14-19(16,17)13-9-4-3-6-11(13)15-10-7-5-8-12(10)18-2/h3-4,6,9-10,12,14-15H,5,7-8H2,1-2H3. The summed E-state index contributed by atoms with van der Waals surface area (Å²) in [6.07, 6.45) is 5.60. The van der Waals surface area contributed by atoms with Crippen molar-refractivity contribution in [2.24, 2.45) is 0 Å². The molecule has 1 aliphatic rings. The summed E-state index contributed by atoms with van der Waals surface area (Å²) in [5, 5.41) is 3.97. The van der Waals surface area contributed by atoms with E-state index >= 15 is 0 Å². The second-order valence-electron chi connectivity index (χ2n) is 4.66. The van der Waals surface area contributed by atoms with Gasteiger partial charge in [0.15, 0.2) is 0 Å². The quantitative estimate of drug-likeness (QED) is 0.876. The van der Waals surface area contributed by atoms with Crippen LogP contribution in [0.25, 0.3) is 0 Å². The van der Waals surface area contributed by atoms with Crippen molar-refractivity contribution in [2.45, 2.75) is 35.4 Å². The second-order valence-corrected chi connectivity index (χ2v) is 7.59. The number of anilines is 1. The Bertz CT molecular complexity index is 531. The summed E-state index contributed by atoms with van der Waals surface area (Å²) in [6.45, 7) is 0. The first-order chi connectivity index (χ1) is 9.08. The maximum Gasteiger partial charge on any atom is 0.242 e. The Balaban J connectivity index is 2.26. The molecule has 1 saturated carbocycles. The maximum atomic E-state index is 12.0. The van der Waals surface area contributed by atoms with Crippen LogP contribution in [0.1, 0.15) is 19.3 Å². The Morgan fingerprint density at radius 3 is 2.68 bits per heavy atom. The third kappa shape index (κ3) is 3.24. The van der Waals surface area contributed by atoms with Crippen molar-refractivity contribution in [1.29, 1.82) is 0 Å². The van der Waals surface area contributed by atoms with Gasteiger partial charge in [0.05, 0.1) is 5.69 Å². The van der Waals surface area contributed by atoms with Crippen LogP contribution in [-0.4, -0.2) is 33.0 Å². The van der Waals surface area contributed by atoms with E-state index in [0.717, 1.165) is 6.42 Å². The SMILES string of the molecule is CNS(=O)(=O)c1ccccc1NC1CCCC1SC. The molecule has 19 heavy (non-hydrogen) atoms. The summed E-state index contributed by atoms with van der Waals surface area (Å²) in [4.78, 5) is 0.323. The summed E-state index contributed by atoms with van der Waals surface area (Å²) in [5.74, 6) is 0. The van der Waals surface area contributed by atoms with E-state index in [1.54, 1.807) is 12.1 Å². The summed E-state index contributed by atoms with van der Waals surface area (Å²) in [7, 11) is -1.98. The number of para-hydroxylation sites is 1. The number of benzene rings is 1. The Morgan fingerprint density at radius 2 is 2.00 bits per heavy atom. The molecule has 2 N–H and O–H groups in total. The molecule has 1 aromatic rings. The monoisotopic (exact) mass is 300 g/mol. The molecule has 106 valence electrons. The summed E-state index contributed by atoms with van der Waals surface area (Å²) in [5.41, 5.74) is 0.697. The van der Waals surface area contributed by atoms with Gasteiger partial charge in [-0.15, -0.1) is 0 Å². The zero-order chi connectivity index (χ0) is 13.9. The number of rotatable bonds is 5. The molecule has 0 saturated heterocycles. The van der Waals surface area contributed by atoms with Gasteiger partial charge in [-0.25, -0.2) is 13.1 Å². The number of nitrogens with one attached hydrogen (secondary N) is 2. The first kappa shape index (κ1) is 14.7. The topological polar surface area (TPSA) is 58.2 Å². The van der Waals surface area contributed by atoms with Gasteiger partial charge < -0.3 is 5.32 Å². The fourth-order valence-electron chi connectivity index (χ4n) is 2.50. The lowest BCUT2D eigenvalue weighted by atomic mass is 10.2. The molecular formula is C13H20N2O2S2. The van der Waals surface area contributed by atoms with Gasteiger partial charge >= 0.3 is 0 Å². The van der Waals surface area contributed by atoms with Crippen molar-refractivity contribution in [3.63, 3.8) is 0 Å². The predicted molar refractivity (Wildman–Crippen MR) is 81.3 cm³/mol. The van der Waals surface area contributed by atoms with E-state index in [1.165, 1.54) is 19.9 Å². The van der Waals surface area contributed by atoms with Crippen LogP contribution < -0.4 is 10.0 Å². The van der Waals surface area contributed by atoms with Crippen molar-refractivity contribution in [3.05, 3.63) is 24.3 Å². The lowest BCUT2D eigenvalue weighted by molar-refractivity contribution is 0.588. The Morgan fingerprint density at radius 1 is 1.26 bits per heavy atom. The molecule has 1 fully saturated rings. The van der Waals surface area contributed by atoms with E-state index in [1.807, 2.05) is 23.9 Å². The van der Waals surface area contributed by atoms with Gasteiger partial charge in [-0.05, 0) is 38.3 Å². The molecule has 6 heteroatoms. The molecule has 1 aliphatic carbocycles. The molecule has 0 spiro atoms. The van der Waals surface area contributed by atoms with E-state index < -0.39 is 10.0 Å². The van der Waals surface area contributed by atoms with E-state index in [2.05, 4.69) is 16.3 Å². The molecule has 0 heterocycles. The van der Waals surface area contributed by atoms with E-state index in [9.17, 15) is 8.42 Å². The van der Waals surface area contributed by atoms with E-state index in [0.29, 0.717) is 21.9 Å². The second kappa shape index (κ2) is 6.15. The van der Waals surface area contributed by atoms with Crippen LogP contribution in [0, 0.1) is 0 Å². The predicted octanol–water partition coefficient (Wildman–Crippen LogP) is 2.29. The average molecular weight is 300 g/mol. The van der Waals surface area contributed by atoms with Gasteiger partial charge in [0.25, 0.3) is 0 Å². The third-order valence-corrected chi connectivity index (χ3v) is 6.18. The van der Waals surface area contributed by atoms with Crippen molar-refractivity contribution in [2.75, 3.05) is 18.6 Å². The van der Waals surface area contributed by atoms with Crippen molar-refractivity contribution >= 4 is 27.5 Å². The first-order valence-corrected chi connectivity index (χ1v) is 9.17. The smallest absolute Gasteiger partial charge is 0.242 e. The minimum Gasteiger partial charge on any atom is -0.380 e. The minimum absolute atomic E-state index is 0.323. The number of thioether (sulfide) groups is 1. The van der Waals surface area contributed by atoms with Crippen LogP contribution in [0.4, 0.5) is 5.69 Å². The van der Waals surface area contributed by atoms with Crippen molar-refractivity contribution in [1.82, 2.24) is 4.72 Å². The summed E-state index contributed by atoms with van der Waals surface area (Å²) in [6, 6.07) is 7.43. The largest absolute Gasteiger partial charge is 0.380 e. The van der Waals surface area contributed by atoms with Gasteiger partial charge in [0.1, 0.15) is 4.90 Å². The van der Waals surface area contributed by atoms with E-state index in [-0.39, 0.29) is 0 Å². The fraction of sp³-hybridized carbons (Fsp3) is 0.538. The van der Waals surface area contributed by atoms with E-state index in [4.69, 9.17) is 0 Å². The van der Waals surface area contributed by atoms with Gasteiger partial charge in [-0.1, -0.05) is 18.6 Å². The number of hydrogen-bond donors (Lipinski definition) is 2. The number of sulfonamides is 1. The zero-order valence-electron chi connectivity index (χ0n) is 11.2. The van der Waals surface area contributed by atoms with Crippen molar-refractivity contribution < 1.29 is 8.42 Å². The lowest BCUT2D eigenvalue weighted by Gasteiger charge is -2.22. The molecule has 2 unspecified atom stereocenters. The highest BCUT2D eigenvalue weighted by Gasteiger charge is 2.27. The molecule has 2 rings (SSSR count). The van der Waals surface area contributed by atoms with Crippen LogP contribution >= 0.6 is 11.8 Å². The highest BCUT2D eigenvalue weighted by atomic mass is 32.2. The Hall–Kier alpha value is -0.720. The first-order valence-electron chi connectivity index (χ1n) is 6.40. The van der Waals surface area contributed by atoms with Crippen LogP contribution in [0.5, 0.6) is 0 Å². The highest BCUT2D eigenvalue weighted by molar-refractivity contribution is 7.99. The molecule has 0 aliphatic heterocycles. The Labute approximate surface area is 119 Å². The van der Waals surface area contributed by atoms with Gasteiger partial charge in [0.2, 0.25) is 10.0 Å². The van der Waals surface area contributed by atoms with Crippen LogP contribution in [0.2, 0.25) is 0 Å². The lowest BCUT2D eigenvalue weighted by Crippen LogP contribution is -2.28. The van der Waals surface area contributed by atoms with Crippen LogP contribution in [0.15, 0.2) is 29.2 Å². The molecule has 1 aromatic carbocycles. The third-order valence-electron chi connectivity index (χ3n) is 3.54. The fourth-order valence-corrected chi connectivity index (χ4v) is 4.33. The summed E-state index contributed by atoms with van der Waals surface area (Å²) >= 11 is 1.85. The Kier molecular flexibility index (Phi) is 4.76. The molecule has 2 atom stereocenters. The molecule has 0 radical (unpaired) electrons. The average Bonchev–Trinajstić information content (AvgIpc) is 2.86. The summed E-state index contributed by atoms with van der Waals surface area (Å²) < 4.78 is 26.4. The molecule has 0 aromatic heterocycles. The number of hydrogen-bond acceptors (Lipinski definition) is 4. The van der Waals surface area contributed by atoms with Gasteiger partial charge in [-0.2, -0.15) is 11.8 Å². The zero-order valence-corrected chi connectivity index (χ0v) is 12.9. The minimum atomic E-state index is -3.41. The maximum absolute atomic E-state index is 12.0. The van der Waals surface area contributed by atoms with Gasteiger partial charge in [0, 0.05) is 11.3 Å². The van der Waals surface area contributed by atoms with Gasteiger partial charge in [-0.3, -0.25) is 0 Å². The molecular weight excluding hydrogens is 280 g/mol. The molecule has 4 nitrogen and oxygen atoms in total. The normalized spacial score (nSPS) is 23.5. The molecule has 0 amide bonds. The van der Waals surface area contributed by atoms with Crippen LogP contribution in [0.3, 0.4) is 0 Å².